The van der Waals surface area contributed by atoms with Gasteiger partial charge in [-0.3, -0.25) is 0 Å². The summed E-state index contributed by atoms with van der Waals surface area (Å²) < 4.78 is 5.56. The maximum Gasteiger partial charge on any atom is 0.159 e. The van der Waals surface area contributed by atoms with Gasteiger partial charge in [-0.05, 0) is 38.2 Å². The highest BCUT2D eigenvalue weighted by atomic mass is 35.5. The second-order valence-electron chi connectivity index (χ2n) is 4.25. The third-order valence-electron chi connectivity index (χ3n) is 2.72. The van der Waals surface area contributed by atoms with Crippen LogP contribution in [-0.2, 0) is 0 Å². The number of likely N-dealkylation sites (N-methyl/N-ethyl adjacent to an activating group) is 1. The lowest BCUT2D eigenvalue weighted by atomic mass is 10.2. The van der Waals surface area contributed by atoms with Crippen LogP contribution in [0.2, 0.25) is 5.02 Å². The molecule has 2 aromatic rings. The lowest BCUT2D eigenvalue weighted by molar-refractivity contribution is 0.278. The molecule has 0 aliphatic carbocycles. The number of halogens is 1. The van der Waals surface area contributed by atoms with E-state index >= 15 is 0 Å². The largest absolute Gasteiger partial charge is 0.489 e. The molecule has 1 atom stereocenters. The van der Waals surface area contributed by atoms with E-state index in [0.29, 0.717) is 23.2 Å². The Labute approximate surface area is 117 Å². The number of nitrogens with one attached hydrogen (secondary N) is 1. The Balaban J connectivity index is 2.04. The summed E-state index contributed by atoms with van der Waals surface area (Å²) in [4.78, 5) is 8.57. The molecule has 1 aromatic carbocycles. The molecule has 0 fully saturated rings. The van der Waals surface area contributed by atoms with Gasteiger partial charge in [-0.15, -0.1) is 0 Å². The maximum atomic E-state index is 5.84. The predicted molar refractivity (Wildman–Crippen MR) is 76.5 cm³/mol. The van der Waals surface area contributed by atoms with Crippen LogP contribution in [0.4, 0.5) is 0 Å². The van der Waals surface area contributed by atoms with Crippen molar-refractivity contribution in [1.29, 1.82) is 0 Å². The van der Waals surface area contributed by atoms with E-state index in [0.717, 1.165) is 5.56 Å². The standard InChI is InChI=1S/C14H16ClN3O/c1-10(16-2)9-19-13-7-17-14(18-8-13)11-3-5-12(15)6-4-11/h3-8,10,16H,9H2,1-2H3. The first-order valence-electron chi connectivity index (χ1n) is 6.07. The Morgan fingerprint density at radius 1 is 1.21 bits per heavy atom. The van der Waals surface area contributed by atoms with Crippen molar-refractivity contribution in [3.05, 3.63) is 41.7 Å². The fraction of sp³-hybridized carbons (Fsp3) is 0.286. The highest BCUT2D eigenvalue weighted by molar-refractivity contribution is 6.30. The highest BCUT2D eigenvalue weighted by Gasteiger charge is 2.03. The lowest BCUT2D eigenvalue weighted by Crippen LogP contribution is -2.28. The quantitative estimate of drug-likeness (QED) is 0.913. The zero-order valence-electron chi connectivity index (χ0n) is 10.9. The summed E-state index contributed by atoms with van der Waals surface area (Å²) in [6.07, 6.45) is 3.36. The van der Waals surface area contributed by atoms with E-state index in [4.69, 9.17) is 16.3 Å². The normalized spacial score (nSPS) is 12.2. The number of aromatic nitrogens is 2. The van der Waals surface area contributed by atoms with E-state index in [2.05, 4.69) is 15.3 Å². The van der Waals surface area contributed by atoms with E-state index < -0.39 is 0 Å². The molecular formula is C14H16ClN3O. The van der Waals surface area contributed by atoms with Gasteiger partial charge in [0.2, 0.25) is 0 Å². The van der Waals surface area contributed by atoms with Crippen LogP contribution in [0.25, 0.3) is 11.4 Å². The number of hydrogen-bond acceptors (Lipinski definition) is 4. The molecule has 0 aliphatic heterocycles. The number of nitrogens with zero attached hydrogens (tertiary/aromatic N) is 2. The first-order chi connectivity index (χ1) is 9.19. The first kappa shape index (κ1) is 13.8. The summed E-state index contributed by atoms with van der Waals surface area (Å²) in [7, 11) is 1.90. The second-order valence-corrected chi connectivity index (χ2v) is 4.69. The van der Waals surface area contributed by atoms with Gasteiger partial charge in [-0.1, -0.05) is 11.6 Å². The predicted octanol–water partition coefficient (Wildman–Crippen LogP) is 2.78. The molecule has 1 unspecified atom stereocenters. The number of hydrogen-bond donors (Lipinski definition) is 1. The van der Waals surface area contributed by atoms with Crippen molar-refractivity contribution in [1.82, 2.24) is 15.3 Å². The molecule has 4 nitrogen and oxygen atoms in total. The van der Waals surface area contributed by atoms with Crippen molar-refractivity contribution in [2.75, 3.05) is 13.7 Å². The number of benzene rings is 1. The minimum absolute atomic E-state index is 0.288. The van der Waals surface area contributed by atoms with Gasteiger partial charge in [-0.25, -0.2) is 9.97 Å². The molecule has 0 saturated carbocycles. The molecule has 5 heteroatoms. The first-order valence-corrected chi connectivity index (χ1v) is 6.45. The van der Waals surface area contributed by atoms with Crippen molar-refractivity contribution >= 4 is 11.6 Å². The van der Waals surface area contributed by atoms with Crippen molar-refractivity contribution in [3.63, 3.8) is 0 Å². The van der Waals surface area contributed by atoms with Gasteiger partial charge in [0.15, 0.2) is 11.6 Å². The highest BCUT2D eigenvalue weighted by Crippen LogP contribution is 2.19. The van der Waals surface area contributed by atoms with Gasteiger partial charge in [-0.2, -0.15) is 0 Å². The smallest absolute Gasteiger partial charge is 0.159 e. The number of ether oxygens (including phenoxy) is 1. The summed E-state index contributed by atoms with van der Waals surface area (Å²) in [6, 6.07) is 7.71. The molecule has 1 heterocycles. The summed E-state index contributed by atoms with van der Waals surface area (Å²) >= 11 is 5.84. The minimum Gasteiger partial charge on any atom is -0.489 e. The fourth-order valence-electron chi connectivity index (χ4n) is 1.44. The Morgan fingerprint density at radius 3 is 2.42 bits per heavy atom. The van der Waals surface area contributed by atoms with Crippen LogP contribution < -0.4 is 10.1 Å². The molecule has 1 N–H and O–H groups in total. The summed E-state index contributed by atoms with van der Waals surface area (Å²) in [6.45, 7) is 2.63. The third kappa shape index (κ3) is 3.91. The SMILES string of the molecule is CNC(C)COc1cnc(-c2ccc(Cl)cc2)nc1. The van der Waals surface area contributed by atoms with Crippen molar-refractivity contribution in [2.24, 2.45) is 0 Å². The Kier molecular flexibility index (Phi) is 4.71. The van der Waals surface area contributed by atoms with Gasteiger partial charge >= 0.3 is 0 Å². The fourth-order valence-corrected chi connectivity index (χ4v) is 1.57. The Hall–Kier alpha value is -1.65. The van der Waals surface area contributed by atoms with Crippen LogP contribution in [0.5, 0.6) is 5.75 Å². The third-order valence-corrected chi connectivity index (χ3v) is 2.98. The molecule has 100 valence electrons. The van der Waals surface area contributed by atoms with Gasteiger partial charge in [0.1, 0.15) is 6.61 Å². The van der Waals surface area contributed by atoms with Crippen molar-refractivity contribution in [2.45, 2.75) is 13.0 Å². The van der Waals surface area contributed by atoms with Gasteiger partial charge in [0.05, 0.1) is 12.4 Å². The molecule has 0 saturated heterocycles. The van der Waals surface area contributed by atoms with E-state index in [1.165, 1.54) is 0 Å². The molecule has 0 amide bonds. The van der Waals surface area contributed by atoms with Crippen molar-refractivity contribution in [3.8, 4) is 17.1 Å². The average Bonchev–Trinajstić information content (AvgIpc) is 2.46. The van der Waals surface area contributed by atoms with E-state index in [1.807, 2.05) is 38.2 Å². The van der Waals surface area contributed by atoms with Crippen LogP contribution in [0, 0.1) is 0 Å². The van der Waals surface area contributed by atoms with Crippen molar-refractivity contribution < 1.29 is 4.74 Å². The summed E-state index contributed by atoms with van der Waals surface area (Å²) in [5, 5.41) is 3.80. The van der Waals surface area contributed by atoms with E-state index in [1.54, 1.807) is 12.4 Å². The van der Waals surface area contributed by atoms with Gasteiger partial charge in [0, 0.05) is 16.6 Å². The minimum atomic E-state index is 0.288. The molecule has 2 rings (SSSR count). The topological polar surface area (TPSA) is 47.0 Å². The molecule has 1 aromatic heterocycles. The Bertz CT molecular complexity index is 513. The monoisotopic (exact) mass is 277 g/mol. The van der Waals surface area contributed by atoms with Crippen LogP contribution in [0.3, 0.4) is 0 Å². The Morgan fingerprint density at radius 2 is 1.84 bits per heavy atom. The average molecular weight is 278 g/mol. The van der Waals surface area contributed by atoms with E-state index in [-0.39, 0.29) is 6.04 Å². The second kappa shape index (κ2) is 6.50. The molecule has 0 bridgehead atoms. The van der Waals surface area contributed by atoms with Gasteiger partial charge in [0.25, 0.3) is 0 Å². The molecule has 19 heavy (non-hydrogen) atoms. The van der Waals surface area contributed by atoms with E-state index in [9.17, 15) is 0 Å². The van der Waals surface area contributed by atoms with Gasteiger partial charge < -0.3 is 10.1 Å². The number of rotatable bonds is 5. The van der Waals surface area contributed by atoms with Crippen LogP contribution >= 0.6 is 11.6 Å². The molecule has 0 spiro atoms. The maximum absolute atomic E-state index is 5.84. The molecular weight excluding hydrogens is 262 g/mol. The zero-order valence-corrected chi connectivity index (χ0v) is 11.7. The van der Waals surface area contributed by atoms with Crippen LogP contribution in [0.15, 0.2) is 36.7 Å². The summed E-state index contributed by atoms with van der Waals surface area (Å²) in [5.74, 6) is 1.32. The van der Waals surface area contributed by atoms with Crippen LogP contribution in [0.1, 0.15) is 6.92 Å². The molecule has 0 radical (unpaired) electrons. The lowest BCUT2D eigenvalue weighted by Gasteiger charge is -2.11. The zero-order chi connectivity index (χ0) is 13.7. The van der Waals surface area contributed by atoms with Crippen LogP contribution in [-0.4, -0.2) is 29.7 Å². The molecule has 0 aliphatic rings. The summed E-state index contributed by atoms with van der Waals surface area (Å²) in [5.41, 5.74) is 0.930.